The van der Waals surface area contributed by atoms with Crippen LogP contribution in [0.4, 0.5) is 11.8 Å². The zero-order valence-electron chi connectivity index (χ0n) is 13.8. The molecule has 1 aliphatic rings. The Hall–Kier alpha value is -1.40. The van der Waals surface area contributed by atoms with E-state index in [1.165, 1.54) is 0 Å². The second-order valence-corrected chi connectivity index (χ2v) is 6.07. The van der Waals surface area contributed by atoms with Crippen molar-refractivity contribution in [2.45, 2.75) is 13.3 Å². The molecule has 1 N–H and O–H groups in total. The van der Waals surface area contributed by atoms with Gasteiger partial charge in [0.05, 0.1) is 0 Å². The fourth-order valence-corrected chi connectivity index (χ4v) is 2.40. The Balaban J connectivity index is 1.93. The van der Waals surface area contributed by atoms with Gasteiger partial charge in [0.2, 0.25) is 5.95 Å². The quantitative estimate of drug-likeness (QED) is 0.786. The summed E-state index contributed by atoms with van der Waals surface area (Å²) in [6.07, 6.45) is 1.11. The first-order valence-corrected chi connectivity index (χ1v) is 7.72. The lowest BCUT2D eigenvalue weighted by Gasteiger charge is -2.32. The average molecular weight is 292 g/mol. The van der Waals surface area contributed by atoms with Gasteiger partial charge in [-0.15, -0.1) is 0 Å². The standard InChI is InChI=1S/C15H28N6/c1-13-12-14(16-6-5-7-19(2)3)18-15(17-13)21-10-8-20(4)9-11-21/h12H,5-11H2,1-4H3,(H,16,17,18). The van der Waals surface area contributed by atoms with E-state index in [0.717, 1.165) is 63.1 Å². The summed E-state index contributed by atoms with van der Waals surface area (Å²) in [6, 6.07) is 2.02. The summed E-state index contributed by atoms with van der Waals surface area (Å²) in [5, 5.41) is 3.41. The highest BCUT2D eigenvalue weighted by atomic mass is 15.3. The number of likely N-dealkylation sites (N-methyl/N-ethyl adjacent to an activating group) is 1. The fourth-order valence-electron chi connectivity index (χ4n) is 2.40. The fraction of sp³-hybridized carbons (Fsp3) is 0.733. The van der Waals surface area contributed by atoms with Crippen LogP contribution in [0.3, 0.4) is 0 Å². The van der Waals surface area contributed by atoms with Crippen molar-refractivity contribution in [3.63, 3.8) is 0 Å². The second kappa shape index (κ2) is 7.56. The largest absolute Gasteiger partial charge is 0.370 e. The average Bonchev–Trinajstić information content (AvgIpc) is 2.43. The summed E-state index contributed by atoms with van der Waals surface area (Å²) in [5.41, 5.74) is 1.02. The van der Waals surface area contributed by atoms with Gasteiger partial charge in [-0.25, -0.2) is 4.98 Å². The van der Waals surface area contributed by atoms with Crippen molar-refractivity contribution < 1.29 is 0 Å². The first-order chi connectivity index (χ1) is 10.0. The topological polar surface area (TPSA) is 47.5 Å². The normalized spacial score (nSPS) is 16.5. The molecule has 2 heterocycles. The van der Waals surface area contributed by atoms with Crippen LogP contribution in [0.2, 0.25) is 0 Å². The third kappa shape index (κ3) is 5.13. The number of nitrogens with one attached hydrogen (secondary N) is 1. The van der Waals surface area contributed by atoms with Gasteiger partial charge in [-0.05, 0) is 41.0 Å². The summed E-state index contributed by atoms with van der Waals surface area (Å²) in [6.45, 7) is 8.21. The van der Waals surface area contributed by atoms with E-state index in [0.29, 0.717) is 0 Å². The van der Waals surface area contributed by atoms with E-state index in [-0.39, 0.29) is 0 Å². The number of hydrogen-bond acceptors (Lipinski definition) is 6. The van der Waals surface area contributed by atoms with E-state index in [1.54, 1.807) is 0 Å². The van der Waals surface area contributed by atoms with Gasteiger partial charge in [0, 0.05) is 44.5 Å². The van der Waals surface area contributed by atoms with E-state index in [1.807, 2.05) is 13.0 Å². The number of aryl methyl sites for hydroxylation is 1. The maximum absolute atomic E-state index is 4.67. The van der Waals surface area contributed by atoms with Crippen LogP contribution in [0.5, 0.6) is 0 Å². The van der Waals surface area contributed by atoms with Crippen molar-refractivity contribution in [2.24, 2.45) is 0 Å². The van der Waals surface area contributed by atoms with Crippen LogP contribution in [-0.2, 0) is 0 Å². The number of anilines is 2. The molecule has 21 heavy (non-hydrogen) atoms. The molecule has 6 nitrogen and oxygen atoms in total. The molecule has 0 amide bonds. The Labute approximate surface area is 128 Å². The lowest BCUT2D eigenvalue weighted by atomic mass is 10.3. The number of nitrogens with zero attached hydrogens (tertiary/aromatic N) is 5. The summed E-state index contributed by atoms with van der Waals surface area (Å²) >= 11 is 0. The molecule has 0 spiro atoms. The van der Waals surface area contributed by atoms with Crippen molar-refractivity contribution in [1.82, 2.24) is 19.8 Å². The van der Waals surface area contributed by atoms with Crippen molar-refractivity contribution in [3.8, 4) is 0 Å². The Morgan fingerprint density at radius 1 is 1.19 bits per heavy atom. The summed E-state index contributed by atoms with van der Waals surface area (Å²) in [7, 11) is 6.35. The molecule has 0 unspecified atom stereocenters. The van der Waals surface area contributed by atoms with Crippen molar-refractivity contribution in [2.75, 3.05) is 70.6 Å². The Bertz CT molecular complexity index is 440. The van der Waals surface area contributed by atoms with Crippen molar-refractivity contribution >= 4 is 11.8 Å². The van der Waals surface area contributed by atoms with Crippen LogP contribution < -0.4 is 10.2 Å². The summed E-state index contributed by atoms with van der Waals surface area (Å²) in [4.78, 5) is 16.1. The van der Waals surface area contributed by atoms with Gasteiger partial charge in [0.15, 0.2) is 0 Å². The zero-order chi connectivity index (χ0) is 15.2. The van der Waals surface area contributed by atoms with E-state index in [9.17, 15) is 0 Å². The minimum Gasteiger partial charge on any atom is -0.370 e. The summed E-state index contributed by atoms with van der Waals surface area (Å²) < 4.78 is 0. The van der Waals surface area contributed by atoms with E-state index < -0.39 is 0 Å². The molecule has 118 valence electrons. The molecule has 1 aromatic heterocycles. The van der Waals surface area contributed by atoms with E-state index in [2.05, 4.69) is 51.1 Å². The Kier molecular flexibility index (Phi) is 5.76. The molecule has 0 saturated carbocycles. The monoisotopic (exact) mass is 292 g/mol. The van der Waals surface area contributed by atoms with Crippen LogP contribution in [0.1, 0.15) is 12.1 Å². The van der Waals surface area contributed by atoms with Gasteiger partial charge in [-0.2, -0.15) is 4.98 Å². The van der Waals surface area contributed by atoms with Crippen LogP contribution in [0.15, 0.2) is 6.07 Å². The van der Waals surface area contributed by atoms with Gasteiger partial charge in [-0.1, -0.05) is 0 Å². The lowest BCUT2D eigenvalue weighted by molar-refractivity contribution is 0.311. The molecule has 6 heteroatoms. The summed E-state index contributed by atoms with van der Waals surface area (Å²) in [5.74, 6) is 1.80. The minimum atomic E-state index is 0.859. The molecule has 1 aliphatic heterocycles. The van der Waals surface area contributed by atoms with Crippen molar-refractivity contribution in [1.29, 1.82) is 0 Å². The number of rotatable bonds is 6. The number of piperazine rings is 1. The third-order valence-electron chi connectivity index (χ3n) is 3.72. The highest BCUT2D eigenvalue weighted by Gasteiger charge is 2.17. The van der Waals surface area contributed by atoms with E-state index in [4.69, 9.17) is 0 Å². The molecular formula is C15H28N6. The first kappa shape index (κ1) is 16.0. The molecule has 0 atom stereocenters. The molecule has 2 rings (SSSR count). The zero-order valence-corrected chi connectivity index (χ0v) is 13.8. The highest BCUT2D eigenvalue weighted by molar-refractivity contribution is 5.43. The van der Waals surface area contributed by atoms with Crippen LogP contribution in [0.25, 0.3) is 0 Å². The molecule has 1 aromatic rings. The molecule has 0 bridgehead atoms. The maximum atomic E-state index is 4.67. The molecular weight excluding hydrogens is 264 g/mol. The molecule has 1 saturated heterocycles. The van der Waals surface area contributed by atoms with Crippen LogP contribution in [0, 0.1) is 6.92 Å². The van der Waals surface area contributed by atoms with Crippen LogP contribution in [-0.4, -0.2) is 80.2 Å². The first-order valence-electron chi connectivity index (χ1n) is 7.72. The third-order valence-corrected chi connectivity index (χ3v) is 3.72. The SMILES string of the molecule is Cc1cc(NCCCN(C)C)nc(N2CCN(C)CC2)n1. The Morgan fingerprint density at radius 2 is 1.90 bits per heavy atom. The Morgan fingerprint density at radius 3 is 2.57 bits per heavy atom. The lowest BCUT2D eigenvalue weighted by Crippen LogP contribution is -2.45. The predicted octanol–water partition coefficient (Wildman–Crippen LogP) is 0.900. The van der Waals surface area contributed by atoms with E-state index >= 15 is 0 Å². The number of aromatic nitrogens is 2. The number of hydrogen-bond donors (Lipinski definition) is 1. The molecule has 0 radical (unpaired) electrons. The predicted molar refractivity (Wildman–Crippen MR) is 88.1 cm³/mol. The molecule has 0 aliphatic carbocycles. The van der Waals surface area contributed by atoms with Gasteiger partial charge in [0.1, 0.15) is 5.82 Å². The van der Waals surface area contributed by atoms with Crippen LogP contribution >= 0.6 is 0 Å². The molecule has 1 fully saturated rings. The minimum absolute atomic E-state index is 0.859. The molecule has 0 aromatic carbocycles. The van der Waals surface area contributed by atoms with Gasteiger partial charge in [0.25, 0.3) is 0 Å². The van der Waals surface area contributed by atoms with Gasteiger partial charge >= 0.3 is 0 Å². The van der Waals surface area contributed by atoms with Gasteiger partial charge in [-0.3, -0.25) is 0 Å². The van der Waals surface area contributed by atoms with Gasteiger partial charge < -0.3 is 20.0 Å². The second-order valence-electron chi connectivity index (χ2n) is 6.07. The maximum Gasteiger partial charge on any atom is 0.227 e. The highest BCUT2D eigenvalue weighted by Crippen LogP contribution is 2.15. The van der Waals surface area contributed by atoms with Crippen molar-refractivity contribution in [3.05, 3.63) is 11.8 Å². The smallest absolute Gasteiger partial charge is 0.227 e.